The van der Waals surface area contributed by atoms with E-state index in [0.29, 0.717) is 17.3 Å². The van der Waals surface area contributed by atoms with Crippen molar-refractivity contribution in [2.45, 2.75) is 30.0 Å². The molecule has 0 bridgehead atoms. The van der Waals surface area contributed by atoms with Gasteiger partial charge in [0.15, 0.2) is 4.87 Å². The van der Waals surface area contributed by atoms with Gasteiger partial charge in [-0.05, 0) is 55.8 Å². The third-order valence-electron chi connectivity index (χ3n) is 6.01. The molecular formula is C26H23ClFN3O2S. The second kappa shape index (κ2) is 8.32. The van der Waals surface area contributed by atoms with E-state index in [-0.39, 0.29) is 29.0 Å². The highest BCUT2D eigenvalue weighted by molar-refractivity contribution is 8.02. The van der Waals surface area contributed by atoms with E-state index >= 15 is 0 Å². The molecule has 0 aromatic heterocycles. The van der Waals surface area contributed by atoms with E-state index in [2.05, 4.69) is 5.32 Å². The van der Waals surface area contributed by atoms with Gasteiger partial charge < -0.3 is 10.2 Å². The van der Waals surface area contributed by atoms with E-state index in [9.17, 15) is 14.0 Å². The van der Waals surface area contributed by atoms with Gasteiger partial charge in [-0.3, -0.25) is 9.69 Å². The minimum atomic E-state index is -1.21. The zero-order chi connectivity index (χ0) is 24.1. The van der Waals surface area contributed by atoms with Crippen LogP contribution in [0.1, 0.15) is 25.0 Å². The lowest BCUT2D eigenvalue weighted by atomic mass is 10.1. The summed E-state index contributed by atoms with van der Waals surface area (Å²) < 4.78 is 13.1. The summed E-state index contributed by atoms with van der Waals surface area (Å²) in [5.74, 6) is -0.514. The Bertz CT molecular complexity index is 1280. The van der Waals surface area contributed by atoms with Crippen molar-refractivity contribution >= 4 is 46.7 Å². The Morgan fingerprint density at radius 1 is 1.09 bits per heavy atom. The number of benzene rings is 3. The summed E-state index contributed by atoms with van der Waals surface area (Å²) in [6, 6.07) is 20.2. The number of carbonyl (C=O) groups is 2. The standard InChI is InChI=1S/C26H23ClFN3O2S/c1-25(2)16-31(24(33)29-20-7-5-6-18(27)14-20)26(34-25)21-8-3-4-9-22(21)30(23(26)32)15-17-10-12-19(28)13-11-17/h3-14H,15-16H2,1-2H3,(H,29,33)/t26-/m0/s1. The van der Waals surface area contributed by atoms with Crippen LogP contribution >= 0.6 is 23.4 Å². The minimum absolute atomic E-state index is 0.185. The Labute approximate surface area is 206 Å². The second-order valence-electron chi connectivity index (χ2n) is 9.07. The Balaban J connectivity index is 1.55. The molecule has 5 rings (SSSR count). The topological polar surface area (TPSA) is 52.7 Å². The number of hydrogen-bond acceptors (Lipinski definition) is 3. The van der Waals surface area contributed by atoms with Crippen molar-refractivity contribution in [3.05, 3.63) is 94.8 Å². The summed E-state index contributed by atoms with van der Waals surface area (Å²) in [5, 5.41) is 3.42. The maximum Gasteiger partial charge on any atom is 0.323 e. The third kappa shape index (κ3) is 3.83. The maximum absolute atomic E-state index is 14.2. The molecule has 2 aliphatic heterocycles. The largest absolute Gasteiger partial charge is 0.323 e. The highest BCUT2D eigenvalue weighted by atomic mass is 35.5. The van der Waals surface area contributed by atoms with Gasteiger partial charge in [0.05, 0.1) is 12.2 Å². The van der Waals surface area contributed by atoms with Gasteiger partial charge in [-0.1, -0.05) is 48.0 Å². The Morgan fingerprint density at radius 3 is 2.56 bits per heavy atom. The number of anilines is 2. The molecular weight excluding hydrogens is 473 g/mol. The molecule has 2 heterocycles. The van der Waals surface area contributed by atoms with Crippen LogP contribution in [0.15, 0.2) is 72.8 Å². The number of urea groups is 1. The fourth-order valence-corrected chi connectivity index (χ4v) is 6.56. The summed E-state index contributed by atoms with van der Waals surface area (Å²) in [7, 11) is 0. The monoisotopic (exact) mass is 495 g/mol. The van der Waals surface area contributed by atoms with Gasteiger partial charge in [-0.15, -0.1) is 11.8 Å². The van der Waals surface area contributed by atoms with Crippen LogP contribution in [-0.4, -0.2) is 28.1 Å². The number of hydrogen-bond donors (Lipinski definition) is 1. The Kier molecular flexibility index (Phi) is 5.57. The summed E-state index contributed by atoms with van der Waals surface area (Å²) in [6.45, 7) is 4.73. The van der Waals surface area contributed by atoms with Crippen LogP contribution in [0.5, 0.6) is 0 Å². The third-order valence-corrected chi connectivity index (χ3v) is 7.84. The zero-order valence-corrected chi connectivity index (χ0v) is 20.3. The van der Waals surface area contributed by atoms with E-state index < -0.39 is 4.87 Å². The zero-order valence-electron chi connectivity index (χ0n) is 18.7. The van der Waals surface area contributed by atoms with Gasteiger partial charge >= 0.3 is 6.03 Å². The van der Waals surface area contributed by atoms with Gasteiger partial charge in [-0.2, -0.15) is 0 Å². The van der Waals surface area contributed by atoms with Crippen molar-refractivity contribution in [2.75, 3.05) is 16.8 Å². The normalized spacial score (nSPS) is 20.6. The Morgan fingerprint density at radius 2 is 1.82 bits per heavy atom. The molecule has 5 nitrogen and oxygen atoms in total. The highest BCUT2D eigenvalue weighted by Gasteiger charge is 2.63. The van der Waals surface area contributed by atoms with Crippen LogP contribution in [0, 0.1) is 5.82 Å². The maximum atomic E-state index is 14.2. The van der Waals surface area contributed by atoms with Crippen LogP contribution in [0.3, 0.4) is 0 Å². The van der Waals surface area contributed by atoms with E-state index in [1.54, 1.807) is 46.2 Å². The molecule has 0 aliphatic carbocycles. The first-order chi connectivity index (χ1) is 16.2. The molecule has 0 unspecified atom stereocenters. The summed E-state index contributed by atoms with van der Waals surface area (Å²) in [4.78, 5) is 29.8. The fraction of sp³-hybridized carbons (Fsp3) is 0.231. The number of fused-ring (bicyclic) bond motifs is 2. The van der Waals surface area contributed by atoms with Crippen molar-refractivity contribution in [1.29, 1.82) is 0 Å². The summed E-state index contributed by atoms with van der Waals surface area (Å²) in [5.41, 5.74) is 2.89. The molecule has 1 spiro atoms. The number of halogens is 2. The Hall–Kier alpha value is -3.03. The van der Waals surface area contributed by atoms with Crippen LogP contribution in [0.25, 0.3) is 0 Å². The van der Waals surface area contributed by atoms with Crippen molar-refractivity contribution in [3.63, 3.8) is 0 Å². The number of nitrogens with one attached hydrogen (secondary N) is 1. The van der Waals surface area contributed by atoms with E-state index in [1.165, 1.54) is 23.9 Å². The SMILES string of the molecule is CC1(C)CN(C(=O)Nc2cccc(Cl)c2)[C@@]2(S1)C(=O)N(Cc1ccc(F)cc1)c1ccccc12. The van der Waals surface area contributed by atoms with Crippen LogP contribution < -0.4 is 10.2 Å². The van der Waals surface area contributed by atoms with Gasteiger partial charge in [0.2, 0.25) is 0 Å². The predicted molar refractivity (Wildman–Crippen MR) is 135 cm³/mol. The molecule has 0 saturated carbocycles. The lowest BCUT2D eigenvalue weighted by Gasteiger charge is -2.33. The van der Waals surface area contributed by atoms with Crippen LogP contribution in [-0.2, 0) is 16.2 Å². The highest BCUT2D eigenvalue weighted by Crippen LogP contribution is 2.59. The quantitative estimate of drug-likeness (QED) is 0.468. The van der Waals surface area contributed by atoms with E-state index in [4.69, 9.17) is 11.6 Å². The molecule has 174 valence electrons. The predicted octanol–water partition coefficient (Wildman–Crippen LogP) is 6.24. The molecule has 1 fully saturated rings. The molecule has 3 amide bonds. The number of para-hydroxylation sites is 1. The summed E-state index contributed by atoms with van der Waals surface area (Å²) >= 11 is 7.58. The molecule has 1 atom stereocenters. The van der Waals surface area contributed by atoms with Gasteiger partial charge in [0.25, 0.3) is 5.91 Å². The van der Waals surface area contributed by atoms with Crippen molar-refractivity contribution in [2.24, 2.45) is 0 Å². The summed E-state index contributed by atoms with van der Waals surface area (Å²) in [6.07, 6.45) is 0. The molecule has 8 heteroatoms. The molecule has 1 saturated heterocycles. The first-order valence-corrected chi connectivity index (χ1v) is 12.1. The van der Waals surface area contributed by atoms with E-state index in [0.717, 1.165) is 16.8 Å². The van der Waals surface area contributed by atoms with Crippen LogP contribution in [0.4, 0.5) is 20.6 Å². The molecule has 1 N–H and O–H groups in total. The van der Waals surface area contributed by atoms with Crippen LogP contribution in [0.2, 0.25) is 5.02 Å². The van der Waals surface area contributed by atoms with Crippen molar-refractivity contribution < 1.29 is 14.0 Å². The smallest absolute Gasteiger partial charge is 0.308 e. The van der Waals surface area contributed by atoms with Gasteiger partial charge in [0.1, 0.15) is 5.82 Å². The number of amides is 3. The van der Waals surface area contributed by atoms with Gasteiger partial charge in [-0.25, -0.2) is 9.18 Å². The first kappa shape index (κ1) is 22.7. The first-order valence-electron chi connectivity index (χ1n) is 10.9. The van der Waals surface area contributed by atoms with Crippen molar-refractivity contribution in [1.82, 2.24) is 4.90 Å². The molecule has 3 aromatic carbocycles. The lowest BCUT2D eigenvalue weighted by Crippen LogP contribution is -2.51. The fourth-order valence-electron chi connectivity index (χ4n) is 4.64. The van der Waals surface area contributed by atoms with E-state index in [1.807, 2.05) is 38.1 Å². The number of thioether (sulfide) groups is 1. The molecule has 34 heavy (non-hydrogen) atoms. The lowest BCUT2D eigenvalue weighted by molar-refractivity contribution is -0.123. The van der Waals surface area contributed by atoms with Gasteiger partial charge in [0, 0.05) is 27.6 Å². The minimum Gasteiger partial charge on any atom is -0.308 e. The number of carbonyl (C=O) groups excluding carboxylic acids is 2. The average Bonchev–Trinajstić information content (AvgIpc) is 3.22. The molecule has 2 aliphatic rings. The number of nitrogens with zero attached hydrogens (tertiary/aromatic N) is 2. The average molecular weight is 496 g/mol. The van der Waals surface area contributed by atoms with Crippen molar-refractivity contribution in [3.8, 4) is 0 Å². The molecule has 0 radical (unpaired) electrons. The number of rotatable bonds is 3. The second-order valence-corrected chi connectivity index (χ2v) is 11.4. The molecule has 3 aromatic rings.